The van der Waals surface area contributed by atoms with Crippen LogP contribution in [0.15, 0.2) is 90.2 Å². The molecule has 0 atom stereocenters. The van der Waals surface area contributed by atoms with E-state index in [9.17, 15) is 14.0 Å². The number of benzene rings is 3. The molecule has 0 unspecified atom stereocenters. The summed E-state index contributed by atoms with van der Waals surface area (Å²) in [5.41, 5.74) is 5.05. The number of carbonyl (C=O) groups excluding carboxylic acids is 2. The lowest BCUT2D eigenvalue weighted by molar-refractivity contribution is -0.136. The van der Waals surface area contributed by atoms with Crippen molar-refractivity contribution < 1.29 is 14.0 Å². The Kier molecular flexibility index (Phi) is 6.56. The number of amides is 2. The largest absolute Gasteiger partial charge is 0.329 e. The first-order chi connectivity index (χ1) is 16.0. The smallest absolute Gasteiger partial charge is 0.316 e. The van der Waals surface area contributed by atoms with Gasteiger partial charge in [-0.3, -0.25) is 9.59 Å². The zero-order valence-corrected chi connectivity index (χ0v) is 17.8. The normalized spacial score (nSPS) is 10.8. The quantitative estimate of drug-likeness (QED) is 0.262. The fraction of sp³-hybridized carbons (Fsp3) is 0. The van der Waals surface area contributed by atoms with Gasteiger partial charge in [-0.2, -0.15) is 10.2 Å². The molecule has 0 fully saturated rings. The monoisotopic (exact) mass is 461 g/mol. The number of nitrogens with one attached hydrogen (secondary N) is 2. The number of aromatic nitrogens is 2. The number of anilines is 1. The van der Waals surface area contributed by atoms with Crippen molar-refractivity contribution in [1.29, 1.82) is 0 Å². The predicted molar refractivity (Wildman–Crippen MR) is 125 cm³/mol. The van der Waals surface area contributed by atoms with E-state index in [0.717, 1.165) is 5.69 Å². The van der Waals surface area contributed by atoms with Crippen LogP contribution in [0, 0.1) is 5.82 Å². The van der Waals surface area contributed by atoms with E-state index in [1.54, 1.807) is 47.3 Å². The van der Waals surface area contributed by atoms with Gasteiger partial charge in [0.05, 0.1) is 22.6 Å². The van der Waals surface area contributed by atoms with Crippen LogP contribution in [-0.4, -0.2) is 27.8 Å². The molecule has 0 aliphatic heterocycles. The maximum absolute atomic E-state index is 13.4. The van der Waals surface area contributed by atoms with Crippen LogP contribution in [0.5, 0.6) is 0 Å². The molecular weight excluding hydrogens is 445 g/mol. The Labute approximate surface area is 193 Å². The van der Waals surface area contributed by atoms with E-state index >= 15 is 0 Å². The third-order valence-electron chi connectivity index (χ3n) is 4.58. The number of nitrogens with zero attached hydrogens (tertiary/aromatic N) is 3. The number of hydrazone groups is 1. The second kappa shape index (κ2) is 9.88. The van der Waals surface area contributed by atoms with Gasteiger partial charge in [0.15, 0.2) is 0 Å². The molecule has 9 heteroatoms. The molecule has 1 aromatic heterocycles. The van der Waals surface area contributed by atoms with Gasteiger partial charge in [0.2, 0.25) is 0 Å². The number of hydrogen-bond acceptors (Lipinski definition) is 4. The lowest BCUT2D eigenvalue weighted by Crippen LogP contribution is -2.32. The lowest BCUT2D eigenvalue weighted by atomic mass is 10.1. The highest BCUT2D eigenvalue weighted by Gasteiger charge is 2.15. The Hall–Kier alpha value is -4.30. The Morgan fingerprint density at radius 1 is 0.939 bits per heavy atom. The molecule has 4 rings (SSSR count). The molecule has 33 heavy (non-hydrogen) atoms. The summed E-state index contributed by atoms with van der Waals surface area (Å²) in [6, 6.07) is 21.8. The number of hydrogen-bond donors (Lipinski definition) is 2. The fourth-order valence-electron chi connectivity index (χ4n) is 2.98. The van der Waals surface area contributed by atoms with Crippen molar-refractivity contribution in [3.8, 4) is 16.9 Å². The minimum Gasteiger partial charge on any atom is -0.316 e. The maximum Gasteiger partial charge on any atom is 0.329 e. The fourth-order valence-corrected chi connectivity index (χ4v) is 3.16. The van der Waals surface area contributed by atoms with E-state index in [0.29, 0.717) is 27.5 Å². The second-order valence-electron chi connectivity index (χ2n) is 6.85. The van der Waals surface area contributed by atoms with Crippen LogP contribution in [0.2, 0.25) is 5.02 Å². The average Bonchev–Trinajstić information content (AvgIpc) is 3.25. The standard InChI is InChI=1S/C24H17ClFN5O2/c25-20-8-4-5-9-21(20)28-23(32)24(33)29-27-14-17-15-31(19-6-2-1-3-7-19)30-22(17)16-10-12-18(26)13-11-16/h1-15H,(H,28,32)(H,29,33)/b27-14+. The van der Waals surface area contributed by atoms with E-state index in [4.69, 9.17) is 11.6 Å². The van der Waals surface area contributed by atoms with Gasteiger partial charge in [-0.05, 0) is 48.5 Å². The zero-order valence-electron chi connectivity index (χ0n) is 17.1. The van der Waals surface area contributed by atoms with Crippen molar-refractivity contribution in [1.82, 2.24) is 15.2 Å². The van der Waals surface area contributed by atoms with Gasteiger partial charge >= 0.3 is 11.8 Å². The van der Waals surface area contributed by atoms with Crippen LogP contribution in [0.3, 0.4) is 0 Å². The van der Waals surface area contributed by atoms with Crippen LogP contribution in [-0.2, 0) is 9.59 Å². The van der Waals surface area contributed by atoms with Crippen molar-refractivity contribution in [2.24, 2.45) is 5.10 Å². The van der Waals surface area contributed by atoms with Crippen molar-refractivity contribution in [2.45, 2.75) is 0 Å². The molecule has 2 amide bonds. The third kappa shape index (κ3) is 5.31. The third-order valence-corrected chi connectivity index (χ3v) is 4.91. The molecule has 0 aliphatic carbocycles. The molecule has 0 aliphatic rings. The van der Waals surface area contributed by atoms with E-state index in [2.05, 4.69) is 20.9 Å². The van der Waals surface area contributed by atoms with E-state index in [1.807, 2.05) is 30.3 Å². The Morgan fingerprint density at radius 3 is 2.36 bits per heavy atom. The van der Waals surface area contributed by atoms with Gasteiger partial charge in [-0.25, -0.2) is 14.5 Å². The summed E-state index contributed by atoms with van der Waals surface area (Å²) in [5, 5.41) is 11.2. The molecule has 2 N–H and O–H groups in total. The topological polar surface area (TPSA) is 88.4 Å². The number of para-hydroxylation sites is 2. The van der Waals surface area contributed by atoms with Crippen molar-refractivity contribution in [3.63, 3.8) is 0 Å². The van der Waals surface area contributed by atoms with Gasteiger partial charge in [0.1, 0.15) is 11.5 Å². The van der Waals surface area contributed by atoms with Crippen molar-refractivity contribution in [3.05, 3.63) is 101 Å². The molecule has 0 spiro atoms. The van der Waals surface area contributed by atoms with Crippen LogP contribution in [0.4, 0.5) is 10.1 Å². The van der Waals surface area contributed by atoms with Gasteiger partial charge < -0.3 is 5.32 Å². The number of carbonyl (C=O) groups is 2. The summed E-state index contributed by atoms with van der Waals surface area (Å²) in [7, 11) is 0. The van der Waals surface area contributed by atoms with Gasteiger partial charge in [0, 0.05) is 17.3 Å². The predicted octanol–water partition coefficient (Wildman–Crippen LogP) is 4.42. The average molecular weight is 462 g/mol. The molecule has 3 aromatic carbocycles. The summed E-state index contributed by atoms with van der Waals surface area (Å²) >= 11 is 5.99. The molecule has 0 radical (unpaired) electrons. The molecular formula is C24H17ClFN5O2. The van der Waals surface area contributed by atoms with E-state index in [-0.39, 0.29) is 5.82 Å². The summed E-state index contributed by atoms with van der Waals surface area (Å²) in [5.74, 6) is -2.25. The summed E-state index contributed by atoms with van der Waals surface area (Å²) in [4.78, 5) is 24.2. The van der Waals surface area contributed by atoms with Crippen LogP contribution in [0.1, 0.15) is 5.56 Å². The van der Waals surface area contributed by atoms with Gasteiger partial charge in [-0.15, -0.1) is 0 Å². The summed E-state index contributed by atoms with van der Waals surface area (Å²) < 4.78 is 15.0. The first-order valence-electron chi connectivity index (χ1n) is 9.81. The zero-order chi connectivity index (χ0) is 23.2. The number of rotatable bonds is 5. The minimum absolute atomic E-state index is 0.305. The maximum atomic E-state index is 13.4. The molecule has 0 saturated carbocycles. The second-order valence-corrected chi connectivity index (χ2v) is 7.26. The molecule has 0 saturated heterocycles. The van der Waals surface area contributed by atoms with Crippen LogP contribution < -0.4 is 10.7 Å². The SMILES string of the molecule is O=C(N/N=C/c1cn(-c2ccccc2)nc1-c1ccc(F)cc1)C(=O)Nc1ccccc1Cl. The molecule has 7 nitrogen and oxygen atoms in total. The molecule has 164 valence electrons. The minimum atomic E-state index is -0.968. The highest BCUT2D eigenvalue weighted by atomic mass is 35.5. The molecule has 0 bridgehead atoms. The first-order valence-corrected chi connectivity index (χ1v) is 10.2. The van der Waals surface area contributed by atoms with Crippen molar-refractivity contribution >= 4 is 35.3 Å². The molecule has 4 aromatic rings. The van der Waals surface area contributed by atoms with Crippen LogP contribution in [0.25, 0.3) is 16.9 Å². The highest BCUT2D eigenvalue weighted by molar-refractivity contribution is 6.41. The Morgan fingerprint density at radius 2 is 1.64 bits per heavy atom. The first kappa shape index (κ1) is 21.9. The van der Waals surface area contributed by atoms with E-state index in [1.165, 1.54) is 18.3 Å². The van der Waals surface area contributed by atoms with Gasteiger partial charge in [0.25, 0.3) is 0 Å². The van der Waals surface area contributed by atoms with E-state index < -0.39 is 11.8 Å². The summed E-state index contributed by atoms with van der Waals surface area (Å²) in [6.07, 6.45) is 3.08. The highest BCUT2D eigenvalue weighted by Crippen LogP contribution is 2.23. The lowest BCUT2D eigenvalue weighted by Gasteiger charge is -2.05. The summed E-state index contributed by atoms with van der Waals surface area (Å²) in [6.45, 7) is 0. The van der Waals surface area contributed by atoms with Crippen LogP contribution >= 0.6 is 11.6 Å². The Bertz CT molecular complexity index is 1320. The number of halogens is 2. The molecule has 1 heterocycles. The van der Waals surface area contributed by atoms with Crippen molar-refractivity contribution in [2.75, 3.05) is 5.32 Å². The Balaban J connectivity index is 1.54. The van der Waals surface area contributed by atoms with Gasteiger partial charge in [-0.1, -0.05) is 41.9 Å².